The molecule has 138 valence electrons. The number of benzene rings is 1. The van der Waals surface area contributed by atoms with Crippen LogP contribution < -0.4 is 5.32 Å². The lowest BCUT2D eigenvalue weighted by molar-refractivity contribution is -0.0390. The summed E-state index contributed by atoms with van der Waals surface area (Å²) in [7, 11) is 0. The van der Waals surface area contributed by atoms with Crippen LogP contribution in [0.5, 0.6) is 0 Å². The zero-order valence-electron chi connectivity index (χ0n) is 14.9. The number of hydrogen-bond acceptors (Lipinski definition) is 5. The van der Waals surface area contributed by atoms with Crippen molar-refractivity contribution in [3.8, 4) is 12.3 Å². The monoisotopic (exact) mass is 355 g/mol. The maximum Gasteiger partial charge on any atom is 0.251 e. The number of rotatable bonds is 9. The van der Waals surface area contributed by atoms with E-state index in [1.54, 1.807) is 0 Å². The maximum atomic E-state index is 12.4. The third-order valence-electron chi connectivity index (χ3n) is 4.71. The first-order valence-corrected chi connectivity index (χ1v) is 9.15. The van der Waals surface area contributed by atoms with E-state index >= 15 is 0 Å². The Morgan fingerprint density at radius 1 is 1.35 bits per heavy atom. The molecule has 1 fully saturated rings. The lowest BCUT2D eigenvalue weighted by Crippen LogP contribution is -2.28. The van der Waals surface area contributed by atoms with Crippen LogP contribution in [0.4, 0.5) is 0 Å². The molecule has 1 aromatic rings. The number of nitrogens with zero attached hydrogens (tertiary/aromatic N) is 2. The number of ether oxygens (including phenoxy) is 2. The van der Waals surface area contributed by atoms with Crippen LogP contribution in [0.25, 0.3) is 0 Å². The molecule has 6 nitrogen and oxygen atoms in total. The number of hydrogen-bond donors (Lipinski definition) is 1. The summed E-state index contributed by atoms with van der Waals surface area (Å²) in [5.41, 5.74) is 1.28. The quantitative estimate of drug-likeness (QED) is 0.692. The number of carbonyl (C=O) groups excluding carboxylic acids is 1. The van der Waals surface area contributed by atoms with Gasteiger partial charge in [0.2, 0.25) is 0 Å². The zero-order chi connectivity index (χ0) is 18.2. The number of carbonyl (C=O) groups is 1. The van der Waals surface area contributed by atoms with Crippen molar-refractivity contribution >= 4 is 5.91 Å². The predicted molar refractivity (Wildman–Crippen MR) is 97.7 cm³/mol. The van der Waals surface area contributed by atoms with E-state index in [1.807, 2.05) is 24.3 Å². The van der Waals surface area contributed by atoms with Gasteiger partial charge >= 0.3 is 0 Å². The van der Waals surface area contributed by atoms with Crippen LogP contribution in [0.2, 0.25) is 0 Å². The lowest BCUT2D eigenvalue weighted by atomic mass is 10.0. The topological polar surface area (TPSA) is 72.3 Å². The standard InChI is InChI=1S/C20H25N3O3/c1-2-3-9-20(22-23-20)10-11-21-19(24)17-6-4-5-16(14-17)15-26-18-7-12-25-13-8-18/h1,4-6,14,18H,3,7-13,15H2,(H,21,24). The van der Waals surface area contributed by atoms with Crippen molar-refractivity contribution in [1.29, 1.82) is 0 Å². The van der Waals surface area contributed by atoms with E-state index in [9.17, 15) is 4.79 Å². The molecule has 0 unspecified atom stereocenters. The van der Waals surface area contributed by atoms with Crippen LogP contribution in [-0.4, -0.2) is 37.4 Å². The minimum absolute atomic E-state index is 0.0920. The summed E-state index contributed by atoms with van der Waals surface area (Å²) in [4.78, 5) is 12.4. The minimum Gasteiger partial charge on any atom is -0.381 e. The molecular weight excluding hydrogens is 330 g/mol. The molecule has 2 aliphatic rings. The summed E-state index contributed by atoms with van der Waals surface area (Å²) in [6.07, 6.45) is 9.47. The Labute approximate surface area is 154 Å². The van der Waals surface area contributed by atoms with Crippen LogP contribution >= 0.6 is 0 Å². The fraction of sp³-hybridized carbons (Fsp3) is 0.550. The summed E-state index contributed by atoms with van der Waals surface area (Å²) in [6, 6.07) is 7.56. The van der Waals surface area contributed by atoms with Crippen molar-refractivity contribution in [2.24, 2.45) is 10.2 Å². The molecule has 1 aromatic carbocycles. The van der Waals surface area contributed by atoms with Gasteiger partial charge < -0.3 is 14.8 Å². The van der Waals surface area contributed by atoms with Crippen LogP contribution in [0.1, 0.15) is 48.0 Å². The van der Waals surface area contributed by atoms with E-state index in [-0.39, 0.29) is 17.7 Å². The van der Waals surface area contributed by atoms with Gasteiger partial charge in [-0.15, -0.1) is 12.3 Å². The molecule has 2 heterocycles. The molecule has 0 saturated carbocycles. The molecule has 6 heteroatoms. The summed E-state index contributed by atoms with van der Waals surface area (Å²) in [6.45, 7) is 2.56. The predicted octanol–water partition coefficient (Wildman–Crippen LogP) is 3.08. The molecule has 26 heavy (non-hydrogen) atoms. The van der Waals surface area contributed by atoms with E-state index in [0.29, 0.717) is 31.6 Å². The molecule has 1 amide bonds. The second kappa shape index (κ2) is 8.93. The molecule has 0 bridgehead atoms. The number of nitrogens with one attached hydrogen (secondary N) is 1. The fourth-order valence-corrected chi connectivity index (χ4v) is 3.01. The van der Waals surface area contributed by atoms with Gasteiger partial charge in [0.15, 0.2) is 5.66 Å². The molecule has 0 spiro atoms. The normalized spacial score (nSPS) is 18.3. The first kappa shape index (κ1) is 18.6. The molecule has 1 N–H and O–H groups in total. The summed E-state index contributed by atoms with van der Waals surface area (Å²) in [5.74, 6) is 2.51. The highest BCUT2D eigenvalue weighted by atomic mass is 16.5. The third-order valence-corrected chi connectivity index (χ3v) is 4.71. The van der Waals surface area contributed by atoms with Gasteiger partial charge in [-0.3, -0.25) is 4.79 Å². The molecule has 1 saturated heterocycles. The van der Waals surface area contributed by atoms with E-state index in [2.05, 4.69) is 21.5 Å². The van der Waals surface area contributed by atoms with E-state index < -0.39 is 0 Å². The van der Waals surface area contributed by atoms with Crippen molar-refractivity contribution in [2.75, 3.05) is 19.8 Å². The SMILES string of the molecule is C#CCCC1(CCNC(=O)c2cccc(COC3CCOCC3)c2)N=N1. The van der Waals surface area contributed by atoms with Gasteiger partial charge in [0.1, 0.15) is 0 Å². The van der Waals surface area contributed by atoms with Crippen molar-refractivity contribution < 1.29 is 14.3 Å². The number of amides is 1. The largest absolute Gasteiger partial charge is 0.381 e. The smallest absolute Gasteiger partial charge is 0.251 e. The highest BCUT2D eigenvalue weighted by Crippen LogP contribution is 2.36. The van der Waals surface area contributed by atoms with Gasteiger partial charge in [0.25, 0.3) is 5.91 Å². The van der Waals surface area contributed by atoms with E-state index in [4.69, 9.17) is 15.9 Å². The Hall–Kier alpha value is -2.23. The highest BCUT2D eigenvalue weighted by molar-refractivity contribution is 5.94. The van der Waals surface area contributed by atoms with Crippen molar-refractivity contribution in [3.63, 3.8) is 0 Å². The van der Waals surface area contributed by atoms with Gasteiger partial charge in [0, 0.05) is 44.6 Å². The average molecular weight is 355 g/mol. The van der Waals surface area contributed by atoms with Gasteiger partial charge in [-0.05, 0) is 30.5 Å². The Morgan fingerprint density at radius 2 is 2.15 bits per heavy atom. The molecule has 0 atom stereocenters. The molecule has 0 aromatic heterocycles. The Bertz CT molecular complexity index is 684. The zero-order valence-corrected chi connectivity index (χ0v) is 14.9. The fourth-order valence-electron chi connectivity index (χ4n) is 3.01. The summed E-state index contributed by atoms with van der Waals surface area (Å²) < 4.78 is 11.3. The van der Waals surface area contributed by atoms with Crippen molar-refractivity contribution in [1.82, 2.24) is 5.32 Å². The number of terminal acetylenes is 1. The van der Waals surface area contributed by atoms with Gasteiger partial charge in [-0.1, -0.05) is 12.1 Å². The maximum absolute atomic E-state index is 12.4. The second-order valence-electron chi connectivity index (χ2n) is 6.72. The van der Waals surface area contributed by atoms with E-state index in [0.717, 1.165) is 38.0 Å². The molecular formula is C20H25N3O3. The highest BCUT2D eigenvalue weighted by Gasteiger charge is 2.38. The van der Waals surface area contributed by atoms with Gasteiger partial charge in [-0.2, -0.15) is 10.2 Å². The van der Waals surface area contributed by atoms with Crippen LogP contribution in [0.15, 0.2) is 34.5 Å². The Morgan fingerprint density at radius 3 is 2.88 bits per heavy atom. The van der Waals surface area contributed by atoms with Crippen LogP contribution in [0, 0.1) is 12.3 Å². The van der Waals surface area contributed by atoms with Gasteiger partial charge in [0.05, 0.1) is 12.7 Å². The summed E-state index contributed by atoms with van der Waals surface area (Å²) >= 11 is 0. The minimum atomic E-state index is -0.362. The first-order valence-electron chi connectivity index (χ1n) is 9.15. The average Bonchev–Trinajstić information content (AvgIpc) is 3.46. The molecule has 3 rings (SSSR count). The lowest BCUT2D eigenvalue weighted by Gasteiger charge is -2.22. The Balaban J connectivity index is 1.43. The third kappa shape index (κ3) is 5.38. The molecule has 0 radical (unpaired) electrons. The van der Waals surface area contributed by atoms with Crippen molar-refractivity contribution in [3.05, 3.63) is 35.4 Å². The molecule has 0 aliphatic carbocycles. The first-order chi connectivity index (χ1) is 12.7. The van der Waals surface area contributed by atoms with Crippen LogP contribution in [0.3, 0.4) is 0 Å². The van der Waals surface area contributed by atoms with Crippen LogP contribution in [-0.2, 0) is 16.1 Å². The summed E-state index contributed by atoms with van der Waals surface area (Å²) in [5, 5.41) is 11.1. The molecule has 2 aliphatic heterocycles. The van der Waals surface area contributed by atoms with Crippen molar-refractivity contribution in [2.45, 2.75) is 50.5 Å². The Kier molecular flexibility index (Phi) is 6.37. The van der Waals surface area contributed by atoms with E-state index in [1.165, 1.54) is 0 Å². The van der Waals surface area contributed by atoms with Gasteiger partial charge in [-0.25, -0.2) is 0 Å². The second-order valence-corrected chi connectivity index (χ2v) is 6.72.